The number of pyridine rings is 1. The first kappa shape index (κ1) is 11.9. The molecule has 0 atom stereocenters. The Morgan fingerprint density at radius 3 is 2.79 bits per heavy atom. The number of carboxylic acids is 1. The van der Waals surface area contributed by atoms with Crippen LogP contribution in [0.1, 0.15) is 21.6 Å². The SMILES string of the molecule is O=C(O)c1cc2c(nc1-c1ccccc1)CCNC2. The Hall–Kier alpha value is -2.20. The van der Waals surface area contributed by atoms with Crippen LogP contribution in [-0.2, 0) is 13.0 Å². The van der Waals surface area contributed by atoms with Gasteiger partial charge >= 0.3 is 5.97 Å². The highest BCUT2D eigenvalue weighted by molar-refractivity contribution is 5.95. The summed E-state index contributed by atoms with van der Waals surface area (Å²) < 4.78 is 0. The first-order valence-corrected chi connectivity index (χ1v) is 6.28. The molecule has 2 N–H and O–H groups in total. The average molecular weight is 254 g/mol. The molecule has 0 aliphatic carbocycles. The molecule has 2 aromatic rings. The summed E-state index contributed by atoms with van der Waals surface area (Å²) in [6, 6.07) is 11.2. The molecule has 1 aliphatic heterocycles. The molecule has 0 radical (unpaired) electrons. The van der Waals surface area contributed by atoms with Crippen molar-refractivity contribution in [2.75, 3.05) is 6.54 Å². The second-order valence-electron chi connectivity index (χ2n) is 4.59. The molecule has 3 rings (SSSR count). The van der Waals surface area contributed by atoms with Crippen LogP contribution in [0.15, 0.2) is 36.4 Å². The van der Waals surface area contributed by atoms with Crippen LogP contribution in [0.4, 0.5) is 0 Å². The van der Waals surface area contributed by atoms with Gasteiger partial charge < -0.3 is 10.4 Å². The fourth-order valence-corrected chi connectivity index (χ4v) is 2.37. The highest BCUT2D eigenvalue weighted by Gasteiger charge is 2.19. The zero-order valence-corrected chi connectivity index (χ0v) is 10.4. The van der Waals surface area contributed by atoms with E-state index in [1.54, 1.807) is 6.07 Å². The van der Waals surface area contributed by atoms with Gasteiger partial charge in [0.25, 0.3) is 0 Å². The molecule has 0 saturated carbocycles. The Morgan fingerprint density at radius 2 is 2.05 bits per heavy atom. The largest absolute Gasteiger partial charge is 0.478 e. The minimum absolute atomic E-state index is 0.272. The molecule has 1 aromatic heterocycles. The Labute approximate surface area is 111 Å². The van der Waals surface area contributed by atoms with Gasteiger partial charge in [0.05, 0.1) is 11.3 Å². The van der Waals surface area contributed by atoms with E-state index >= 15 is 0 Å². The number of rotatable bonds is 2. The molecular weight excluding hydrogens is 240 g/mol. The number of nitrogens with zero attached hydrogens (tertiary/aromatic N) is 1. The van der Waals surface area contributed by atoms with Gasteiger partial charge in [-0.25, -0.2) is 4.79 Å². The van der Waals surface area contributed by atoms with Crippen molar-refractivity contribution in [3.8, 4) is 11.3 Å². The number of hydrogen-bond donors (Lipinski definition) is 2. The van der Waals surface area contributed by atoms with Gasteiger partial charge in [-0.3, -0.25) is 4.98 Å². The lowest BCUT2D eigenvalue weighted by atomic mass is 9.99. The van der Waals surface area contributed by atoms with E-state index in [1.807, 2.05) is 30.3 Å². The van der Waals surface area contributed by atoms with Crippen LogP contribution in [0, 0.1) is 0 Å². The smallest absolute Gasteiger partial charge is 0.337 e. The maximum absolute atomic E-state index is 11.4. The maximum atomic E-state index is 11.4. The van der Waals surface area contributed by atoms with Crippen molar-refractivity contribution < 1.29 is 9.90 Å². The lowest BCUT2D eigenvalue weighted by molar-refractivity contribution is 0.0697. The van der Waals surface area contributed by atoms with Crippen LogP contribution < -0.4 is 5.32 Å². The van der Waals surface area contributed by atoms with E-state index in [-0.39, 0.29) is 5.56 Å². The predicted octanol–water partition coefficient (Wildman–Crippen LogP) is 2.09. The van der Waals surface area contributed by atoms with E-state index in [2.05, 4.69) is 10.3 Å². The number of carbonyl (C=O) groups is 1. The highest BCUT2D eigenvalue weighted by Crippen LogP contribution is 2.25. The van der Waals surface area contributed by atoms with Crippen LogP contribution >= 0.6 is 0 Å². The molecule has 0 spiro atoms. The van der Waals surface area contributed by atoms with Crippen LogP contribution in [0.3, 0.4) is 0 Å². The zero-order chi connectivity index (χ0) is 13.2. The van der Waals surface area contributed by atoms with E-state index in [9.17, 15) is 9.90 Å². The molecule has 0 fully saturated rings. The van der Waals surface area contributed by atoms with E-state index in [4.69, 9.17) is 0 Å². The second kappa shape index (κ2) is 4.82. The summed E-state index contributed by atoms with van der Waals surface area (Å²) in [5, 5.41) is 12.6. The van der Waals surface area contributed by atoms with E-state index in [0.717, 1.165) is 29.8 Å². The number of aromatic nitrogens is 1. The summed E-state index contributed by atoms with van der Waals surface area (Å²) in [4.78, 5) is 16.0. The molecule has 0 bridgehead atoms. The van der Waals surface area contributed by atoms with Crippen molar-refractivity contribution in [2.45, 2.75) is 13.0 Å². The monoisotopic (exact) mass is 254 g/mol. The molecule has 19 heavy (non-hydrogen) atoms. The molecule has 0 amide bonds. The first-order chi connectivity index (χ1) is 9.25. The van der Waals surface area contributed by atoms with Crippen molar-refractivity contribution in [2.24, 2.45) is 0 Å². The highest BCUT2D eigenvalue weighted by atomic mass is 16.4. The zero-order valence-electron chi connectivity index (χ0n) is 10.4. The summed E-state index contributed by atoms with van der Waals surface area (Å²) in [5.74, 6) is -0.931. The lowest BCUT2D eigenvalue weighted by Gasteiger charge is -2.18. The Balaban J connectivity index is 2.19. The number of aromatic carboxylic acids is 1. The van der Waals surface area contributed by atoms with Gasteiger partial charge in [0.1, 0.15) is 0 Å². The standard InChI is InChI=1S/C15H14N2O2/c18-15(19)12-8-11-9-16-7-6-13(11)17-14(12)10-4-2-1-3-5-10/h1-5,8,16H,6-7,9H2,(H,18,19). The van der Waals surface area contributed by atoms with Crippen LogP contribution in [-0.4, -0.2) is 22.6 Å². The van der Waals surface area contributed by atoms with Crippen LogP contribution in [0.2, 0.25) is 0 Å². The Bertz CT molecular complexity index is 624. The van der Waals surface area contributed by atoms with E-state index < -0.39 is 5.97 Å². The van der Waals surface area contributed by atoms with E-state index in [0.29, 0.717) is 12.2 Å². The van der Waals surface area contributed by atoms with Crippen molar-refractivity contribution in [1.82, 2.24) is 10.3 Å². The maximum Gasteiger partial charge on any atom is 0.337 e. The van der Waals surface area contributed by atoms with E-state index in [1.165, 1.54) is 0 Å². The number of hydrogen-bond acceptors (Lipinski definition) is 3. The molecule has 1 aromatic carbocycles. The molecule has 1 aliphatic rings. The van der Waals surface area contributed by atoms with Crippen molar-refractivity contribution in [1.29, 1.82) is 0 Å². The number of benzene rings is 1. The quantitative estimate of drug-likeness (QED) is 0.861. The average Bonchev–Trinajstić information content (AvgIpc) is 2.46. The van der Waals surface area contributed by atoms with Gasteiger partial charge in [-0.05, 0) is 11.6 Å². The summed E-state index contributed by atoms with van der Waals surface area (Å²) >= 11 is 0. The third-order valence-electron chi connectivity index (χ3n) is 3.32. The molecule has 2 heterocycles. The van der Waals surface area contributed by atoms with Crippen molar-refractivity contribution >= 4 is 5.97 Å². The van der Waals surface area contributed by atoms with Gasteiger partial charge in [-0.1, -0.05) is 30.3 Å². The number of carboxylic acid groups (broad SMARTS) is 1. The van der Waals surface area contributed by atoms with Gasteiger partial charge in [0.15, 0.2) is 0 Å². The molecule has 4 heteroatoms. The third-order valence-corrected chi connectivity index (χ3v) is 3.32. The minimum atomic E-state index is -0.931. The fourth-order valence-electron chi connectivity index (χ4n) is 2.37. The third kappa shape index (κ3) is 2.22. The Morgan fingerprint density at radius 1 is 1.26 bits per heavy atom. The van der Waals surface area contributed by atoms with Crippen molar-refractivity contribution in [3.63, 3.8) is 0 Å². The van der Waals surface area contributed by atoms with Gasteiger partial charge in [-0.2, -0.15) is 0 Å². The second-order valence-corrected chi connectivity index (χ2v) is 4.59. The number of nitrogens with one attached hydrogen (secondary N) is 1. The molecule has 4 nitrogen and oxygen atoms in total. The lowest BCUT2D eigenvalue weighted by Crippen LogP contribution is -2.25. The summed E-state index contributed by atoms with van der Waals surface area (Å²) in [5.41, 5.74) is 3.68. The van der Waals surface area contributed by atoms with Crippen LogP contribution in [0.5, 0.6) is 0 Å². The minimum Gasteiger partial charge on any atom is -0.478 e. The summed E-state index contributed by atoms with van der Waals surface area (Å²) in [7, 11) is 0. The molecule has 0 unspecified atom stereocenters. The fraction of sp³-hybridized carbons (Fsp3) is 0.200. The molecule has 96 valence electrons. The molecule has 0 saturated heterocycles. The Kier molecular flexibility index (Phi) is 3.01. The summed E-state index contributed by atoms with van der Waals surface area (Å²) in [6.07, 6.45) is 0.842. The van der Waals surface area contributed by atoms with Gasteiger partial charge in [-0.15, -0.1) is 0 Å². The normalized spacial score (nSPS) is 13.9. The van der Waals surface area contributed by atoms with Gasteiger partial charge in [0, 0.05) is 30.8 Å². The first-order valence-electron chi connectivity index (χ1n) is 6.28. The summed E-state index contributed by atoms with van der Waals surface area (Å²) in [6.45, 7) is 1.58. The van der Waals surface area contributed by atoms with Crippen LogP contribution in [0.25, 0.3) is 11.3 Å². The predicted molar refractivity (Wildman–Crippen MR) is 72.0 cm³/mol. The van der Waals surface area contributed by atoms with Crippen molar-refractivity contribution in [3.05, 3.63) is 53.2 Å². The van der Waals surface area contributed by atoms with Gasteiger partial charge in [0.2, 0.25) is 0 Å². The number of fused-ring (bicyclic) bond motifs is 1. The topological polar surface area (TPSA) is 62.2 Å². The molecular formula is C15H14N2O2.